The lowest BCUT2D eigenvalue weighted by Crippen LogP contribution is -1.95. The minimum atomic E-state index is 0.619. The minimum absolute atomic E-state index is 0.619. The van der Waals surface area contributed by atoms with Crippen LogP contribution in [0.1, 0.15) is 21.6 Å². The van der Waals surface area contributed by atoms with Crippen LogP contribution in [0.25, 0.3) is 0 Å². The van der Waals surface area contributed by atoms with Crippen LogP contribution in [0.2, 0.25) is 0 Å². The third-order valence-electron chi connectivity index (χ3n) is 2.92. The quantitative estimate of drug-likeness (QED) is 0.875. The van der Waals surface area contributed by atoms with Crippen LogP contribution in [0.15, 0.2) is 18.3 Å². The molecule has 1 N–H and O–H groups in total. The fourth-order valence-corrected chi connectivity index (χ4v) is 2.22. The van der Waals surface area contributed by atoms with Crippen molar-refractivity contribution in [3.8, 4) is 6.07 Å². The molecule has 2 rings (SSSR count). The summed E-state index contributed by atoms with van der Waals surface area (Å²) in [6.07, 6.45) is 1.59. The van der Waals surface area contributed by atoms with E-state index in [9.17, 15) is 0 Å². The maximum absolute atomic E-state index is 8.74. The Morgan fingerprint density at radius 2 is 2.00 bits per heavy atom. The number of nitrogens with zero attached hydrogens (tertiary/aromatic N) is 2. The first-order valence-corrected chi connectivity index (χ1v) is 6.13. The Hall–Kier alpha value is -1.86. The molecule has 0 bridgehead atoms. The molecule has 1 heterocycles. The van der Waals surface area contributed by atoms with Crippen LogP contribution < -0.4 is 5.32 Å². The summed E-state index contributed by atoms with van der Waals surface area (Å²) in [5, 5.41) is 12.8. The van der Waals surface area contributed by atoms with Gasteiger partial charge in [0.05, 0.1) is 6.20 Å². The number of hydrogen-bond donors (Lipinski definition) is 1. The van der Waals surface area contributed by atoms with E-state index in [0.29, 0.717) is 4.88 Å². The molecule has 0 atom stereocenters. The smallest absolute Gasteiger partial charge is 0.188 e. The Bertz CT molecular complexity index is 593. The van der Waals surface area contributed by atoms with Gasteiger partial charge in [0.25, 0.3) is 0 Å². The molecule has 1 aromatic heterocycles. The molecule has 3 nitrogen and oxygen atoms in total. The molecule has 2 aromatic rings. The summed E-state index contributed by atoms with van der Waals surface area (Å²) >= 11 is 1.36. The summed E-state index contributed by atoms with van der Waals surface area (Å²) in [6, 6.07) is 6.22. The van der Waals surface area contributed by atoms with Crippen molar-refractivity contribution in [2.24, 2.45) is 0 Å². The first-order valence-electron chi connectivity index (χ1n) is 5.31. The first-order chi connectivity index (χ1) is 8.11. The van der Waals surface area contributed by atoms with Crippen molar-refractivity contribution in [3.63, 3.8) is 0 Å². The van der Waals surface area contributed by atoms with E-state index in [1.165, 1.54) is 28.0 Å². The molecule has 0 amide bonds. The summed E-state index contributed by atoms with van der Waals surface area (Å²) < 4.78 is 0. The van der Waals surface area contributed by atoms with E-state index in [-0.39, 0.29) is 0 Å². The van der Waals surface area contributed by atoms with Gasteiger partial charge in [-0.2, -0.15) is 5.26 Å². The molecule has 1 aromatic carbocycles. The molecule has 17 heavy (non-hydrogen) atoms. The third-order valence-corrected chi connectivity index (χ3v) is 3.73. The Morgan fingerprint density at radius 3 is 2.65 bits per heavy atom. The van der Waals surface area contributed by atoms with Crippen molar-refractivity contribution in [1.82, 2.24) is 4.98 Å². The largest absolute Gasteiger partial charge is 0.331 e. The zero-order valence-corrected chi connectivity index (χ0v) is 10.9. The number of hydrogen-bond acceptors (Lipinski definition) is 4. The van der Waals surface area contributed by atoms with Gasteiger partial charge in [-0.25, -0.2) is 4.98 Å². The summed E-state index contributed by atoms with van der Waals surface area (Å²) in [5.74, 6) is 0. The molecule has 0 saturated carbocycles. The monoisotopic (exact) mass is 243 g/mol. The molecule has 4 heteroatoms. The second kappa shape index (κ2) is 4.56. The van der Waals surface area contributed by atoms with Crippen LogP contribution in [0, 0.1) is 32.1 Å². The first kappa shape index (κ1) is 11.6. The van der Waals surface area contributed by atoms with Crippen molar-refractivity contribution in [3.05, 3.63) is 39.9 Å². The Morgan fingerprint density at radius 1 is 1.24 bits per heavy atom. The van der Waals surface area contributed by atoms with Crippen LogP contribution >= 0.6 is 11.3 Å². The molecule has 0 aliphatic heterocycles. The average molecular weight is 243 g/mol. The number of aryl methyl sites for hydroxylation is 1. The van der Waals surface area contributed by atoms with Crippen molar-refractivity contribution < 1.29 is 0 Å². The molecule has 0 saturated heterocycles. The van der Waals surface area contributed by atoms with Crippen LogP contribution in [-0.2, 0) is 0 Å². The maximum Gasteiger partial charge on any atom is 0.188 e. The fourth-order valence-electron chi connectivity index (χ4n) is 1.59. The van der Waals surface area contributed by atoms with Gasteiger partial charge in [-0.1, -0.05) is 17.4 Å². The number of rotatable bonds is 2. The predicted octanol–water partition coefficient (Wildman–Crippen LogP) is 3.68. The predicted molar refractivity (Wildman–Crippen MR) is 70.8 cm³/mol. The zero-order chi connectivity index (χ0) is 12.4. The van der Waals surface area contributed by atoms with E-state index in [0.717, 1.165) is 10.8 Å². The molecule has 0 radical (unpaired) electrons. The van der Waals surface area contributed by atoms with Gasteiger partial charge in [-0.3, -0.25) is 0 Å². The van der Waals surface area contributed by atoms with Gasteiger partial charge in [0, 0.05) is 5.69 Å². The van der Waals surface area contributed by atoms with Gasteiger partial charge in [-0.05, 0) is 43.5 Å². The van der Waals surface area contributed by atoms with E-state index >= 15 is 0 Å². The van der Waals surface area contributed by atoms with Crippen molar-refractivity contribution >= 4 is 22.2 Å². The molecular weight excluding hydrogens is 230 g/mol. The van der Waals surface area contributed by atoms with Crippen molar-refractivity contribution in [2.75, 3.05) is 5.32 Å². The third kappa shape index (κ3) is 2.29. The summed E-state index contributed by atoms with van der Waals surface area (Å²) in [5.41, 5.74) is 4.84. The zero-order valence-electron chi connectivity index (χ0n) is 10.0. The van der Waals surface area contributed by atoms with Gasteiger partial charge in [-0.15, -0.1) is 0 Å². The Kier molecular flexibility index (Phi) is 3.12. The number of anilines is 2. The lowest BCUT2D eigenvalue weighted by molar-refractivity contribution is 1.26. The Balaban J connectivity index is 2.31. The second-order valence-corrected chi connectivity index (χ2v) is 4.98. The van der Waals surface area contributed by atoms with Crippen LogP contribution in [0.3, 0.4) is 0 Å². The maximum atomic E-state index is 8.74. The number of aromatic nitrogens is 1. The lowest BCUT2D eigenvalue weighted by Gasteiger charge is -2.11. The summed E-state index contributed by atoms with van der Waals surface area (Å²) in [7, 11) is 0. The fraction of sp³-hybridized carbons (Fsp3) is 0.231. The highest BCUT2D eigenvalue weighted by Crippen LogP contribution is 2.27. The van der Waals surface area contributed by atoms with Crippen molar-refractivity contribution in [2.45, 2.75) is 20.8 Å². The minimum Gasteiger partial charge on any atom is -0.331 e. The average Bonchev–Trinajstić information content (AvgIpc) is 2.78. The number of benzene rings is 1. The van der Waals surface area contributed by atoms with Crippen LogP contribution in [-0.4, -0.2) is 4.98 Å². The normalized spacial score (nSPS) is 10.0. The molecule has 0 fully saturated rings. The van der Waals surface area contributed by atoms with Crippen LogP contribution in [0.4, 0.5) is 10.8 Å². The van der Waals surface area contributed by atoms with Gasteiger partial charge in [0.2, 0.25) is 0 Å². The molecular formula is C13H13N3S. The highest BCUT2D eigenvalue weighted by molar-refractivity contribution is 7.16. The summed E-state index contributed by atoms with van der Waals surface area (Å²) in [6.45, 7) is 6.30. The van der Waals surface area contributed by atoms with Gasteiger partial charge >= 0.3 is 0 Å². The molecule has 0 aliphatic carbocycles. The number of thiazole rings is 1. The van der Waals surface area contributed by atoms with E-state index in [1.807, 2.05) is 6.07 Å². The molecule has 86 valence electrons. The lowest BCUT2D eigenvalue weighted by atomic mass is 10.0. The van der Waals surface area contributed by atoms with E-state index < -0.39 is 0 Å². The van der Waals surface area contributed by atoms with E-state index in [1.54, 1.807) is 6.20 Å². The highest BCUT2D eigenvalue weighted by Gasteiger charge is 2.06. The standard InChI is InChI=1S/C13H13N3S/c1-8-4-5-12(10(3)9(8)2)16-13-15-7-11(6-14)17-13/h4-5,7H,1-3H3,(H,15,16). The van der Waals surface area contributed by atoms with Gasteiger partial charge < -0.3 is 5.32 Å². The van der Waals surface area contributed by atoms with E-state index in [2.05, 4.69) is 43.2 Å². The van der Waals surface area contributed by atoms with Gasteiger partial charge in [0.1, 0.15) is 10.9 Å². The SMILES string of the molecule is Cc1ccc(Nc2ncc(C#N)s2)c(C)c1C. The summed E-state index contributed by atoms with van der Waals surface area (Å²) in [4.78, 5) is 4.78. The van der Waals surface area contributed by atoms with Crippen molar-refractivity contribution in [1.29, 1.82) is 5.26 Å². The van der Waals surface area contributed by atoms with Gasteiger partial charge in [0.15, 0.2) is 5.13 Å². The van der Waals surface area contributed by atoms with Crippen LogP contribution in [0.5, 0.6) is 0 Å². The number of nitrogens with one attached hydrogen (secondary N) is 1. The second-order valence-electron chi connectivity index (χ2n) is 3.95. The molecule has 0 unspecified atom stereocenters. The molecule has 0 spiro atoms. The highest BCUT2D eigenvalue weighted by atomic mass is 32.1. The molecule has 0 aliphatic rings. The topological polar surface area (TPSA) is 48.7 Å². The number of nitriles is 1. The Labute approximate surface area is 105 Å². The van der Waals surface area contributed by atoms with E-state index in [4.69, 9.17) is 5.26 Å².